The van der Waals surface area contributed by atoms with Crippen molar-refractivity contribution >= 4 is 11.7 Å². The van der Waals surface area contributed by atoms with Gasteiger partial charge in [0.15, 0.2) is 0 Å². The number of hydrogen-bond acceptors (Lipinski definition) is 3. The third-order valence-electron chi connectivity index (χ3n) is 4.56. The van der Waals surface area contributed by atoms with Crippen molar-refractivity contribution in [1.29, 1.82) is 0 Å². The first kappa shape index (κ1) is 18.5. The summed E-state index contributed by atoms with van der Waals surface area (Å²) in [6, 6.07) is 1.89. The van der Waals surface area contributed by atoms with E-state index in [4.69, 9.17) is 0 Å². The Bertz CT molecular complexity index is 624. The summed E-state index contributed by atoms with van der Waals surface area (Å²) >= 11 is 0. The molecule has 0 saturated carbocycles. The lowest BCUT2D eigenvalue weighted by Gasteiger charge is -2.36. The lowest BCUT2D eigenvalue weighted by molar-refractivity contribution is 0.131. The zero-order chi connectivity index (χ0) is 17.7. The van der Waals surface area contributed by atoms with Crippen LogP contribution in [0.3, 0.4) is 0 Å². The van der Waals surface area contributed by atoms with Crippen LogP contribution in [-0.2, 0) is 7.05 Å². The van der Waals surface area contributed by atoms with Gasteiger partial charge in [0.05, 0.1) is 0 Å². The monoisotopic (exact) mass is 334 g/mol. The molecule has 134 valence electrons. The summed E-state index contributed by atoms with van der Waals surface area (Å²) in [4.78, 5) is 26.8. The fourth-order valence-electron chi connectivity index (χ4n) is 3.24. The molecule has 6 heteroatoms. The molecule has 0 unspecified atom stereocenters. The van der Waals surface area contributed by atoms with Gasteiger partial charge >= 0.3 is 6.03 Å². The number of amides is 2. The van der Waals surface area contributed by atoms with Gasteiger partial charge in [-0.3, -0.25) is 9.69 Å². The van der Waals surface area contributed by atoms with Crippen LogP contribution in [0, 0.1) is 12.8 Å². The summed E-state index contributed by atoms with van der Waals surface area (Å²) in [5.74, 6) is 0.620. The van der Waals surface area contributed by atoms with Crippen LogP contribution in [0.2, 0.25) is 0 Å². The number of urea groups is 1. The van der Waals surface area contributed by atoms with E-state index in [1.165, 1.54) is 17.4 Å². The zero-order valence-corrected chi connectivity index (χ0v) is 15.3. The van der Waals surface area contributed by atoms with Crippen LogP contribution in [0.15, 0.2) is 17.1 Å². The van der Waals surface area contributed by atoms with Crippen molar-refractivity contribution in [3.8, 4) is 0 Å². The minimum Gasteiger partial charge on any atom is -0.336 e. The SMILES string of the molecule is Cc1ccn(C)c(=O)c1NC(=O)NC[C@@H]1CCCCN1CC(C)C. The molecular weight excluding hydrogens is 304 g/mol. The van der Waals surface area contributed by atoms with E-state index in [2.05, 4.69) is 29.4 Å². The average Bonchev–Trinajstić information content (AvgIpc) is 2.54. The van der Waals surface area contributed by atoms with Crippen LogP contribution in [0.25, 0.3) is 0 Å². The Kier molecular flexibility index (Phi) is 6.43. The smallest absolute Gasteiger partial charge is 0.319 e. The minimum atomic E-state index is -0.309. The number of likely N-dealkylation sites (tertiary alicyclic amines) is 1. The topological polar surface area (TPSA) is 66.4 Å². The van der Waals surface area contributed by atoms with Crippen molar-refractivity contribution in [2.24, 2.45) is 13.0 Å². The number of nitrogens with zero attached hydrogens (tertiary/aromatic N) is 2. The number of pyridine rings is 1. The highest BCUT2D eigenvalue weighted by atomic mass is 16.2. The quantitative estimate of drug-likeness (QED) is 0.868. The first-order valence-corrected chi connectivity index (χ1v) is 8.83. The molecule has 1 atom stereocenters. The average molecular weight is 334 g/mol. The van der Waals surface area contributed by atoms with Gasteiger partial charge in [0.2, 0.25) is 0 Å². The molecule has 0 aliphatic carbocycles. The first-order chi connectivity index (χ1) is 11.4. The molecule has 1 fully saturated rings. The van der Waals surface area contributed by atoms with E-state index in [1.54, 1.807) is 13.2 Å². The van der Waals surface area contributed by atoms with E-state index in [-0.39, 0.29) is 11.6 Å². The van der Waals surface area contributed by atoms with E-state index in [9.17, 15) is 9.59 Å². The molecule has 0 bridgehead atoms. The number of hydrogen-bond donors (Lipinski definition) is 2. The Hall–Kier alpha value is -1.82. The van der Waals surface area contributed by atoms with Gasteiger partial charge in [-0.15, -0.1) is 0 Å². The molecule has 2 heterocycles. The van der Waals surface area contributed by atoms with Gasteiger partial charge in [-0.05, 0) is 43.9 Å². The van der Waals surface area contributed by atoms with Crippen LogP contribution in [-0.4, -0.2) is 41.2 Å². The lowest BCUT2D eigenvalue weighted by Crippen LogP contribution is -2.48. The number of nitrogens with one attached hydrogen (secondary N) is 2. The Balaban J connectivity index is 1.93. The summed E-state index contributed by atoms with van der Waals surface area (Å²) in [6.45, 7) is 9.05. The van der Waals surface area contributed by atoms with E-state index < -0.39 is 0 Å². The number of aromatic nitrogens is 1. The van der Waals surface area contributed by atoms with Gasteiger partial charge in [-0.25, -0.2) is 4.79 Å². The van der Waals surface area contributed by atoms with Gasteiger partial charge in [0.1, 0.15) is 5.69 Å². The predicted molar refractivity (Wildman–Crippen MR) is 97.5 cm³/mol. The number of anilines is 1. The summed E-state index contributed by atoms with van der Waals surface area (Å²) in [5, 5.41) is 5.65. The standard InChI is InChI=1S/C18H30N4O2/c1-13(2)12-22-9-6-5-7-15(22)11-19-18(24)20-16-14(3)8-10-21(4)17(16)23/h8,10,13,15H,5-7,9,11-12H2,1-4H3,(H2,19,20,24)/t15-/m0/s1. The van der Waals surface area contributed by atoms with Gasteiger partial charge in [-0.2, -0.15) is 0 Å². The second kappa shape index (κ2) is 8.33. The van der Waals surface area contributed by atoms with E-state index in [0.717, 1.165) is 25.1 Å². The molecule has 6 nitrogen and oxygen atoms in total. The number of aryl methyl sites for hydroxylation is 2. The Labute approximate surface area is 144 Å². The molecule has 0 spiro atoms. The molecule has 2 amide bonds. The molecule has 1 saturated heterocycles. The fraction of sp³-hybridized carbons (Fsp3) is 0.667. The normalized spacial score (nSPS) is 18.6. The van der Waals surface area contributed by atoms with Gasteiger partial charge in [0, 0.05) is 32.4 Å². The van der Waals surface area contributed by atoms with Crippen molar-refractivity contribution in [1.82, 2.24) is 14.8 Å². The van der Waals surface area contributed by atoms with Gasteiger partial charge in [0.25, 0.3) is 5.56 Å². The van der Waals surface area contributed by atoms with Crippen molar-refractivity contribution in [2.45, 2.75) is 46.1 Å². The van der Waals surface area contributed by atoms with Gasteiger partial charge in [-0.1, -0.05) is 20.3 Å². The minimum absolute atomic E-state index is 0.191. The fourth-order valence-corrected chi connectivity index (χ4v) is 3.24. The van der Waals surface area contributed by atoms with Gasteiger partial charge < -0.3 is 15.2 Å². The van der Waals surface area contributed by atoms with E-state index in [1.807, 2.05) is 13.0 Å². The Morgan fingerprint density at radius 1 is 1.38 bits per heavy atom. The summed E-state index contributed by atoms with van der Waals surface area (Å²) in [5.41, 5.74) is 0.928. The predicted octanol–water partition coefficient (Wildman–Crippen LogP) is 2.33. The van der Waals surface area contributed by atoms with E-state index in [0.29, 0.717) is 24.2 Å². The number of piperidine rings is 1. The molecule has 24 heavy (non-hydrogen) atoms. The highest BCUT2D eigenvalue weighted by molar-refractivity contribution is 5.89. The maximum atomic E-state index is 12.2. The molecule has 1 aliphatic rings. The maximum Gasteiger partial charge on any atom is 0.319 e. The molecule has 2 N–H and O–H groups in total. The van der Waals surface area contributed by atoms with Crippen LogP contribution >= 0.6 is 0 Å². The number of carbonyl (C=O) groups is 1. The van der Waals surface area contributed by atoms with Crippen molar-refractivity contribution < 1.29 is 4.79 Å². The molecule has 0 radical (unpaired) electrons. The molecule has 0 aromatic carbocycles. The summed E-state index contributed by atoms with van der Waals surface area (Å²) in [6.07, 6.45) is 5.25. The maximum absolute atomic E-state index is 12.2. The van der Waals surface area contributed by atoms with Crippen molar-refractivity contribution in [2.75, 3.05) is 25.0 Å². The second-order valence-corrected chi connectivity index (χ2v) is 7.16. The van der Waals surface area contributed by atoms with Crippen molar-refractivity contribution in [3.05, 3.63) is 28.2 Å². The second-order valence-electron chi connectivity index (χ2n) is 7.16. The summed E-state index contributed by atoms with van der Waals surface area (Å²) < 4.78 is 1.47. The van der Waals surface area contributed by atoms with Crippen LogP contribution in [0.4, 0.5) is 10.5 Å². The highest BCUT2D eigenvalue weighted by Gasteiger charge is 2.23. The molecule has 1 aliphatic heterocycles. The Morgan fingerprint density at radius 3 is 2.83 bits per heavy atom. The lowest BCUT2D eigenvalue weighted by atomic mass is 10.0. The van der Waals surface area contributed by atoms with Crippen molar-refractivity contribution in [3.63, 3.8) is 0 Å². The highest BCUT2D eigenvalue weighted by Crippen LogP contribution is 2.18. The third-order valence-corrected chi connectivity index (χ3v) is 4.56. The molecule has 2 rings (SSSR count). The molecular formula is C18H30N4O2. The molecule has 1 aromatic rings. The first-order valence-electron chi connectivity index (χ1n) is 8.83. The third kappa shape index (κ3) is 4.84. The Morgan fingerprint density at radius 2 is 2.12 bits per heavy atom. The zero-order valence-electron chi connectivity index (χ0n) is 15.3. The van der Waals surface area contributed by atoms with E-state index >= 15 is 0 Å². The van der Waals surface area contributed by atoms with Crippen LogP contribution < -0.4 is 16.2 Å². The number of carbonyl (C=O) groups excluding carboxylic acids is 1. The van der Waals surface area contributed by atoms with Crippen LogP contribution in [0.1, 0.15) is 38.7 Å². The largest absolute Gasteiger partial charge is 0.336 e. The summed E-state index contributed by atoms with van der Waals surface area (Å²) in [7, 11) is 1.68. The van der Waals surface area contributed by atoms with Crippen LogP contribution in [0.5, 0.6) is 0 Å². The number of rotatable bonds is 5. The molecule has 1 aromatic heterocycles.